The summed E-state index contributed by atoms with van der Waals surface area (Å²) in [4.78, 5) is 4.28. The van der Waals surface area contributed by atoms with E-state index in [-0.39, 0.29) is 11.5 Å². The Balaban J connectivity index is 2.02. The van der Waals surface area contributed by atoms with E-state index >= 15 is 0 Å². The molecule has 1 aliphatic rings. The molecule has 0 saturated carbocycles. The lowest BCUT2D eigenvalue weighted by Gasteiger charge is -2.01. The van der Waals surface area contributed by atoms with Gasteiger partial charge in [-0.15, -0.1) is 11.6 Å². The Morgan fingerprint density at radius 2 is 2.47 bits per heavy atom. The fourth-order valence-corrected chi connectivity index (χ4v) is 1.97. The molecular weight excluding hydrogens is 216 g/mol. The molecule has 1 aromatic rings. The number of halogens is 1. The second-order valence-corrected chi connectivity index (χ2v) is 4.28. The normalized spacial score (nSPS) is 23.2. The molecule has 2 unspecified atom stereocenters. The smallest absolute Gasteiger partial charge is 0.255 e. The lowest BCUT2D eigenvalue weighted by molar-refractivity contribution is 0.0835. The SMILES string of the molecule is CCCC(Cl)c1noc(C2CCCO2)n1. The zero-order valence-electron chi connectivity index (χ0n) is 8.78. The van der Waals surface area contributed by atoms with Gasteiger partial charge < -0.3 is 9.26 Å². The van der Waals surface area contributed by atoms with Gasteiger partial charge in [-0.3, -0.25) is 0 Å². The maximum Gasteiger partial charge on any atom is 0.255 e. The van der Waals surface area contributed by atoms with E-state index in [0.29, 0.717) is 11.7 Å². The zero-order valence-corrected chi connectivity index (χ0v) is 9.54. The number of aromatic nitrogens is 2. The monoisotopic (exact) mass is 230 g/mol. The molecule has 1 aliphatic heterocycles. The topological polar surface area (TPSA) is 48.2 Å². The highest BCUT2D eigenvalue weighted by atomic mass is 35.5. The fraction of sp³-hybridized carbons (Fsp3) is 0.800. The summed E-state index contributed by atoms with van der Waals surface area (Å²) in [5, 5.41) is 3.74. The lowest BCUT2D eigenvalue weighted by atomic mass is 10.2. The molecule has 1 aromatic heterocycles. The third-order valence-corrected chi connectivity index (χ3v) is 2.90. The summed E-state index contributed by atoms with van der Waals surface area (Å²) in [5.41, 5.74) is 0. The minimum Gasteiger partial charge on any atom is -0.368 e. The molecule has 0 bridgehead atoms. The minimum absolute atomic E-state index is 0.0169. The standard InChI is InChI=1S/C10H15ClN2O2/c1-2-4-7(11)9-12-10(15-13-9)8-5-3-6-14-8/h7-8H,2-6H2,1H3. The van der Waals surface area contributed by atoms with E-state index in [1.807, 2.05) is 0 Å². The summed E-state index contributed by atoms with van der Waals surface area (Å²) in [7, 11) is 0. The first-order valence-electron chi connectivity index (χ1n) is 5.40. The average molecular weight is 231 g/mol. The number of hydrogen-bond acceptors (Lipinski definition) is 4. The first kappa shape index (κ1) is 10.9. The third-order valence-electron chi connectivity index (χ3n) is 2.48. The van der Waals surface area contributed by atoms with E-state index in [1.165, 1.54) is 0 Å². The number of nitrogens with zero attached hydrogens (tertiary/aromatic N) is 2. The molecule has 15 heavy (non-hydrogen) atoms. The van der Waals surface area contributed by atoms with Crippen LogP contribution in [-0.4, -0.2) is 16.7 Å². The number of ether oxygens (including phenoxy) is 1. The molecule has 0 amide bonds. The number of alkyl halides is 1. The van der Waals surface area contributed by atoms with Gasteiger partial charge in [0.25, 0.3) is 5.89 Å². The van der Waals surface area contributed by atoms with Crippen LogP contribution >= 0.6 is 11.6 Å². The Morgan fingerprint density at radius 3 is 3.13 bits per heavy atom. The Morgan fingerprint density at radius 1 is 1.60 bits per heavy atom. The summed E-state index contributed by atoms with van der Waals surface area (Å²) in [6.07, 6.45) is 3.88. The van der Waals surface area contributed by atoms with Crippen molar-refractivity contribution in [1.82, 2.24) is 10.1 Å². The molecule has 2 rings (SSSR count). The highest BCUT2D eigenvalue weighted by Gasteiger charge is 2.25. The van der Waals surface area contributed by atoms with Gasteiger partial charge in [0.2, 0.25) is 0 Å². The van der Waals surface area contributed by atoms with Gasteiger partial charge in [0.15, 0.2) is 5.82 Å². The largest absolute Gasteiger partial charge is 0.368 e. The molecule has 5 heteroatoms. The van der Waals surface area contributed by atoms with Gasteiger partial charge in [0.05, 0.1) is 5.38 Å². The predicted octanol–water partition coefficient (Wildman–Crippen LogP) is 3.00. The van der Waals surface area contributed by atoms with Crippen LogP contribution in [0.4, 0.5) is 0 Å². The minimum atomic E-state index is -0.145. The van der Waals surface area contributed by atoms with Gasteiger partial charge in [-0.05, 0) is 19.3 Å². The van der Waals surface area contributed by atoms with Crippen LogP contribution in [0.5, 0.6) is 0 Å². The number of hydrogen-bond donors (Lipinski definition) is 0. The lowest BCUT2D eigenvalue weighted by Crippen LogP contribution is -1.97. The summed E-state index contributed by atoms with van der Waals surface area (Å²) < 4.78 is 10.6. The van der Waals surface area contributed by atoms with Crippen molar-refractivity contribution < 1.29 is 9.26 Å². The van der Waals surface area contributed by atoms with Crippen LogP contribution in [-0.2, 0) is 4.74 Å². The molecule has 1 fully saturated rings. The molecule has 0 spiro atoms. The number of rotatable bonds is 4. The van der Waals surface area contributed by atoms with Gasteiger partial charge >= 0.3 is 0 Å². The van der Waals surface area contributed by atoms with Crippen LogP contribution in [0.1, 0.15) is 55.8 Å². The van der Waals surface area contributed by atoms with Gasteiger partial charge in [-0.1, -0.05) is 18.5 Å². The van der Waals surface area contributed by atoms with E-state index in [9.17, 15) is 0 Å². The van der Waals surface area contributed by atoms with E-state index in [4.69, 9.17) is 20.9 Å². The summed E-state index contributed by atoms with van der Waals surface area (Å²) in [5.74, 6) is 1.16. The van der Waals surface area contributed by atoms with Crippen molar-refractivity contribution in [2.75, 3.05) is 6.61 Å². The van der Waals surface area contributed by atoms with Crippen LogP contribution < -0.4 is 0 Å². The molecule has 0 aliphatic carbocycles. The first-order valence-corrected chi connectivity index (χ1v) is 5.84. The van der Waals surface area contributed by atoms with E-state index in [1.54, 1.807) is 0 Å². The third kappa shape index (κ3) is 2.49. The quantitative estimate of drug-likeness (QED) is 0.746. The molecule has 2 atom stereocenters. The molecule has 0 aromatic carbocycles. The maximum atomic E-state index is 6.10. The molecule has 0 radical (unpaired) electrons. The van der Waals surface area contributed by atoms with Gasteiger partial charge in [-0.2, -0.15) is 4.98 Å². The van der Waals surface area contributed by atoms with Crippen LogP contribution in [0.3, 0.4) is 0 Å². The highest BCUT2D eigenvalue weighted by molar-refractivity contribution is 6.20. The Kier molecular flexibility index (Phi) is 3.59. The van der Waals surface area contributed by atoms with Gasteiger partial charge in [-0.25, -0.2) is 0 Å². The molecule has 84 valence electrons. The Labute approximate surface area is 93.9 Å². The van der Waals surface area contributed by atoms with Crippen molar-refractivity contribution in [3.05, 3.63) is 11.7 Å². The van der Waals surface area contributed by atoms with Crippen molar-refractivity contribution in [3.8, 4) is 0 Å². The van der Waals surface area contributed by atoms with Gasteiger partial charge in [0.1, 0.15) is 6.10 Å². The molecule has 1 saturated heterocycles. The Bertz CT molecular complexity index is 310. The van der Waals surface area contributed by atoms with Crippen molar-refractivity contribution in [2.24, 2.45) is 0 Å². The summed E-state index contributed by atoms with van der Waals surface area (Å²) in [6, 6.07) is 0. The predicted molar refractivity (Wildman–Crippen MR) is 55.7 cm³/mol. The van der Waals surface area contributed by atoms with Crippen molar-refractivity contribution >= 4 is 11.6 Å². The van der Waals surface area contributed by atoms with Crippen molar-refractivity contribution in [1.29, 1.82) is 0 Å². The van der Waals surface area contributed by atoms with Crippen LogP contribution in [0.15, 0.2) is 4.52 Å². The van der Waals surface area contributed by atoms with Crippen LogP contribution in [0, 0.1) is 0 Å². The Hall–Kier alpha value is -0.610. The maximum absolute atomic E-state index is 6.10. The second kappa shape index (κ2) is 4.94. The second-order valence-electron chi connectivity index (χ2n) is 3.75. The zero-order chi connectivity index (χ0) is 10.7. The fourth-order valence-electron chi connectivity index (χ4n) is 1.66. The van der Waals surface area contributed by atoms with Crippen molar-refractivity contribution in [3.63, 3.8) is 0 Å². The van der Waals surface area contributed by atoms with E-state index in [2.05, 4.69) is 17.1 Å². The van der Waals surface area contributed by atoms with E-state index < -0.39 is 0 Å². The van der Waals surface area contributed by atoms with Crippen molar-refractivity contribution in [2.45, 2.75) is 44.1 Å². The van der Waals surface area contributed by atoms with Gasteiger partial charge in [0, 0.05) is 6.61 Å². The first-order chi connectivity index (χ1) is 7.31. The van der Waals surface area contributed by atoms with Crippen LogP contribution in [0.2, 0.25) is 0 Å². The molecule has 4 nitrogen and oxygen atoms in total. The average Bonchev–Trinajstić information content (AvgIpc) is 2.89. The molecule has 2 heterocycles. The summed E-state index contributed by atoms with van der Waals surface area (Å²) in [6.45, 7) is 2.86. The molecular formula is C10H15ClN2O2. The highest BCUT2D eigenvalue weighted by Crippen LogP contribution is 2.29. The van der Waals surface area contributed by atoms with Crippen LogP contribution in [0.25, 0.3) is 0 Å². The summed E-state index contributed by atoms with van der Waals surface area (Å²) >= 11 is 6.10. The van der Waals surface area contributed by atoms with E-state index in [0.717, 1.165) is 32.3 Å². The molecule has 0 N–H and O–H groups in total.